The first-order valence-corrected chi connectivity index (χ1v) is 10.9. The maximum Gasteiger partial charge on any atom is 0.265 e. The lowest BCUT2D eigenvalue weighted by molar-refractivity contribution is -0.183. The van der Waals surface area contributed by atoms with Crippen molar-refractivity contribution in [1.29, 1.82) is 0 Å². The number of benzene rings is 3. The largest absolute Gasteiger partial charge is 0.282 e. The normalized spacial score (nSPS) is 27.7. The maximum atomic E-state index is 13.6. The number of carbonyl (C=O) groups is 2. The third-order valence-electron chi connectivity index (χ3n) is 6.63. The predicted molar refractivity (Wildman–Crippen MR) is 119 cm³/mol. The molecule has 0 aromatic heterocycles. The summed E-state index contributed by atoms with van der Waals surface area (Å²) >= 11 is 0. The molecule has 3 aliphatic rings. The molecule has 2 amide bonds. The van der Waals surface area contributed by atoms with Gasteiger partial charge in [-0.15, -0.1) is 0 Å². The first-order chi connectivity index (χ1) is 15.7. The van der Waals surface area contributed by atoms with E-state index in [0.29, 0.717) is 12.2 Å². The van der Waals surface area contributed by atoms with Gasteiger partial charge in [0.05, 0.1) is 11.7 Å². The summed E-state index contributed by atoms with van der Waals surface area (Å²) in [6, 6.07) is 29.4. The fourth-order valence-electron chi connectivity index (χ4n) is 5.21. The van der Waals surface area contributed by atoms with Gasteiger partial charge in [-0.1, -0.05) is 78.9 Å². The molecular weight excluding hydrogens is 402 g/mol. The highest BCUT2D eigenvalue weighted by atomic mass is 16.7. The Hall–Kier alpha value is -3.32. The van der Waals surface area contributed by atoms with Crippen LogP contribution in [0.25, 0.3) is 0 Å². The number of hydroxylamine groups is 2. The lowest BCUT2D eigenvalue weighted by atomic mass is 10.0. The van der Waals surface area contributed by atoms with Crippen LogP contribution < -0.4 is 4.90 Å². The Morgan fingerprint density at radius 1 is 0.781 bits per heavy atom. The minimum absolute atomic E-state index is 0.0405. The average molecular weight is 425 g/mol. The molecule has 3 saturated heterocycles. The highest BCUT2D eigenvalue weighted by molar-refractivity contribution is 6.23. The summed E-state index contributed by atoms with van der Waals surface area (Å²) in [5.41, 5.74) is 2.88. The summed E-state index contributed by atoms with van der Waals surface area (Å²) < 4.78 is 0. The van der Waals surface area contributed by atoms with Crippen LogP contribution >= 0.6 is 0 Å². The van der Waals surface area contributed by atoms with E-state index in [1.165, 1.54) is 10.5 Å². The van der Waals surface area contributed by atoms with Gasteiger partial charge >= 0.3 is 0 Å². The van der Waals surface area contributed by atoms with Crippen LogP contribution in [-0.2, 0) is 21.0 Å². The van der Waals surface area contributed by atoms with E-state index < -0.39 is 12.0 Å². The van der Waals surface area contributed by atoms with Crippen molar-refractivity contribution in [2.45, 2.75) is 24.9 Å². The van der Waals surface area contributed by atoms with Gasteiger partial charge in [-0.3, -0.25) is 19.3 Å². The van der Waals surface area contributed by atoms with Gasteiger partial charge in [-0.25, -0.2) is 4.90 Å². The second kappa shape index (κ2) is 7.67. The highest BCUT2D eigenvalue weighted by Crippen LogP contribution is 2.47. The first kappa shape index (κ1) is 19.4. The van der Waals surface area contributed by atoms with E-state index in [0.717, 1.165) is 12.1 Å². The zero-order valence-corrected chi connectivity index (χ0v) is 17.5. The van der Waals surface area contributed by atoms with Crippen LogP contribution in [0.15, 0.2) is 91.0 Å². The van der Waals surface area contributed by atoms with E-state index in [2.05, 4.69) is 29.2 Å². The lowest BCUT2D eigenvalue weighted by Gasteiger charge is -2.27. The molecule has 160 valence electrons. The van der Waals surface area contributed by atoms with E-state index in [4.69, 9.17) is 4.84 Å². The Morgan fingerprint density at radius 2 is 1.41 bits per heavy atom. The van der Waals surface area contributed by atoms with E-state index in [9.17, 15) is 9.59 Å². The molecule has 0 N–H and O–H groups in total. The van der Waals surface area contributed by atoms with Crippen LogP contribution in [0.1, 0.15) is 17.2 Å². The number of hydrogen-bond donors (Lipinski definition) is 0. The van der Waals surface area contributed by atoms with Gasteiger partial charge in [0.15, 0.2) is 6.10 Å². The summed E-state index contributed by atoms with van der Waals surface area (Å²) in [5.74, 6) is -1.03. The highest BCUT2D eigenvalue weighted by Gasteiger charge is 2.64. The molecule has 3 aromatic carbocycles. The predicted octanol–water partition coefficient (Wildman–Crippen LogP) is 3.38. The van der Waals surface area contributed by atoms with E-state index in [-0.39, 0.29) is 24.0 Å². The van der Waals surface area contributed by atoms with Crippen LogP contribution in [0.5, 0.6) is 0 Å². The zero-order chi connectivity index (χ0) is 21.7. The lowest BCUT2D eigenvalue weighted by Crippen LogP contribution is -2.43. The number of amides is 2. The molecule has 0 aliphatic carbocycles. The summed E-state index contributed by atoms with van der Waals surface area (Å²) in [4.78, 5) is 36.7. The van der Waals surface area contributed by atoms with E-state index in [1.54, 1.807) is 12.1 Å². The molecule has 32 heavy (non-hydrogen) atoms. The summed E-state index contributed by atoms with van der Waals surface area (Å²) in [6.45, 7) is 1.41. The topological polar surface area (TPSA) is 53.1 Å². The van der Waals surface area contributed by atoms with E-state index in [1.807, 2.05) is 59.7 Å². The molecule has 6 nitrogen and oxygen atoms in total. The van der Waals surface area contributed by atoms with Gasteiger partial charge < -0.3 is 0 Å². The number of imide groups is 1. The van der Waals surface area contributed by atoms with Gasteiger partial charge in [-0.2, -0.15) is 5.06 Å². The monoisotopic (exact) mass is 425 g/mol. The van der Waals surface area contributed by atoms with Gasteiger partial charge in [0.2, 0.25) is 5.91 Å². The Bertz CT molecular complexity index is 1140. The van der Waals surface area contributed by atoms with Crippen LogP contribution in [0.2, 0.25) is 0 Å². The standard InChI is InChI=1S/C26H23N3O3/c30-25-22-23(26(31)28(25)20-14-8-3-9-15-20)32-29-21(19-12-6-2-7-13-19)17-27(24(22)29)16-18-10-4-1-5-11-18/h1-15,21-24H,16-17H2/t21-,22+,23+,24+/m1/s1. The third kappa shape index (κ3) is 2.99. The van der Waals surface area contributed by atoms with Crippen LogP contribution in [-0.4, -0.2) is 40.6 Å². The number of para-hydroxylation sites is 1. The third-order valence-corrected chi connectivity index (χ3v) is 6.63. The Labute approximate surface area is 186 Å². The summed E-state index contributed by atoms with van der Waals surface area (Å²) in [5, 5.41) is 1.89. The average Bonchev–Trinajstić information content (AvgIpc) is 3.46. The molecule has 6 rings (SSSR count). The van der Waals surface area contributed by atoms with Crippen LogP contribution in [0, 0.1) is 5.92 Å². The number of anilines is 1. The molecule has 4 atom stereocenters. The first-order valence-electron chi connectivity index (χ1n) is 10.9. The SMILES string of the molecule is O=C1[C@H]2[C@H](ON3[C@@H](c4ccccc4)CN(Cc4ccccc4)[C@H]23)C(=O)N1c1ccccc1. The van der Waals surface area contributed by atoms with Crippen molar-refractivity contribution in [2.75, 3.05) is 11.4 Å². The number of hydrogen-bond acceptors (Lipinski definition) is 5. The van der Waals surface area contributed by atoms with Gasteiger partial charge in [0.1, 0.15) is 12.1 Å². The molecule has 0 saturated carbocycles. The zero-order valence-electron chi connectivity index (χ0n) is 17.5. The number of nitrogens with zero attached hydrogens (tertiary/aromatic N) is 3. The minimum Gasteiger partial charge on any atom is -0.282 e. The van der Waals surface area contributed by atoms with E-state index >= 15 is 0 Å². The number of carbonyl (C=O) groups excluding carboxylic acids is 2. The van der Waals surface area contributed by atoms with Gasteiger partial charge in [-0.05, 0) is 23.3 Å². The molecule has 0 radical (unpaired) electrons. The van der Waals surface area contributed by atoms with Gasteiger partial charge in [0, 0.05) is 13.1 Å². The molecule has 3 fully saturated rings. The quantitative estimate of drug-likeness (QED) is 0.600. The van der Waals surface area contributed by atoms with Crippen molar-refractivity contribution in [1.82, 2.24) is 9.96 Å². The van der Waals surface area contributed by atoms with Crippen molar-refractivity contribution in [3.05, 3.63) is 102 Å². The Kier molecular flexibility index (Phi) is 4.64. The molecule has 6 heteroatoms. The fourth-order valence-corrected chi connectivity index (χ4v) is 5.21. The number of rotatable bonds is 4. The smallest absolute Gasteiger partial charge is 0.265 e. The van der Waals surface area contributed by atoms with Crippen molar-refractivity contribution in [2.24, 2.45) is 5.92 Å². The summed E-state index contributed by atoms with van der Waals surface area (Å²) in [6.07, 6.45) is -1.09. The van der Waals surface area contributed by atoms with Crippen LogP contribution in [0.4, 0.5) is 5.69 Å². The van der Waals surface area contributed by atoms with Gasteiger partial charge in [0.25, 0.3) is 5.91 Å². The van der Waals surface area contributed by atoms with Crippen molar-refractivity contribution < 1.29 is 14.4 Å². The minimum atomic E-state index is -0.794. The van der Waals surface area contributed by atoms with Crippen molar-refractivity contribution >= 4 is 17.5 Å². The van der Waals surface area contributed by atoms with Crippen molar-refractivity contribution in [3.8, 4) is 0 Å². The van der Waals surface area contributed by atoms with Crippen molar-refractivity contribution in [3.63, 3.8) is 0 Å². The fraction of sp³-hybridized carbons (Fsp3) is 0.231. The maximum absolute atomic E-state index is 13.6. The Balaban J connectivity index is 1.37. The molecule has 3 heterocycles. The molecule has 0 unspecified atom stereocenters. The molecule has 3 aliphatic heterocycles. The molecule has 0 spiro atoms. The summed E-state index contributed by atoms with van der Waals surface area (Å²) in [7, 11) is 0. The molecule has 3 aromatic rings. The second-order valence-electron chi connectivity index (χ2n) is 8.51. The number of fused-ring (bicyclic) bond motifs is 3. The molecule has 0 bridgehead atoms. The van der Waals surface area contributed by atoms with Crippen LogP contribution in [0.3, 0.4) is 0 Å². The second-order valence-corrected chi connectivity index (χ2v) is 8.51. The Morgan fingerprint density at radius 3 is 2.09 bits per heavy atom. The molecular formula is C26H23N3O3.